The summed E-state index contributed by atoms with van der Waals surface area (Å²) in [5.74, 6) is 1.65. The second-order valence-corrected chi connectivity index (χ2v) is 3.28. The number of nitrogens with zero attached hydrogens (tertiary/aromatic N) is 2. The number of aromatic amines is 4. The summed E-state index contributed by atoms with van der Waals surface area (Å²) in [4.78, 5) is 7.63. The molecule has 2 aromatic heterocycles. The number of nitrogens with one attached hydrogen (secondary N) is 4. The molecule has 2 aromatic rings. The van der Waals surface area contributed by atoms with Crippen LogP contribution in [-0.2, 0) is 0 Å². The highest BCUT2D eigenvalue weighted by Crippen LogP contribution is 1.79. The topological polar surface area (TPSA) is 88.9 Å². The molecule has 0 radical (unpaired) electrons. The van der Waals surface area contributed by atoms with Gasteiger partial charge in [-0.1, -0.05) is 0 Å². The number of H-pyrrole nitrogens is 4. The van der Waals surface area contributed by atoms with Crippen LogP contribution in [0.3, 0.4) is 0 Å². The maximum Gasteiger partial charge on any atom is 0.213 e. The fraction of sp³-hybridized carbons (Fsp3) is 0.333. The smallest absolute Gasteiger partial charge is 0.213 e. The third-order valence-electron chi connectivity index (χ3n) is 1.24. The van der Waals surface area contributed by atoms with Crippen molar-refractivity contribution in [1.82, 2.24) is 30.4 Å². The molecular formula is C6H10N6S2. The summed E-state index contributed by atoms with van der Waals surface area (Å²) in [6.07, 6.45) is 0. The minimum absolute atomic E-state index is 0.512. The van der Waals surface area contributed by atoms with E-state index in [9.17, 15) is 0 Å². The van der Waals surface area contributed by atoms with Gasteiger partial charge in [-0.25, -0.2) is 9.97 Å². The Balaban J connectivity index is 0.000000140. The van der Waals surface area contributed by atoms with Gasteiger partial charge in [0.25, 0.3) is 0 Å². The third kappa shape index (κ3) is 3.62. The predicted molar refractivity (Wildman–Crippen MR) is 57.0 cm³/mol. The highest BCUT2D eigenvalue weighted by molar-refractivity contribution is 7.71. The molecule has 0 atom stereocenters. The van der Waals surface area contributed by atoms with E-state index in [0.717, 1.165) is 11.6 Å². The van der Waals surface area contributed by atoms with Crippen molar-refractivity contribution in [2.24, 2.45) is 0 Å². The maximum absolute atomic E-state index is 4.63. The van der Waals surface area contributed by atoms with Crippen molar-refractivity contribution in [2.75, 3.05) is 0 Å². The molecule has 8 heteroatoms. The maximum atomic E-state index is 4.63. The Morgan fingerprint density at radius 1 is 0.786 bits per heavy atom. The van der Waals surface area contributed by atoms with Crippen molar-refractivity contribution in [1.29, 1.82) is 0 Å². The lowest BCUT2D eigenvalue weighted by Crippen LogP contribution is -1.68. The molecule has 0 bridgehead atoms. The van der Waals surface area contributed by atoms with Gasteiger partial charge in [-0.3, -0.25) is 20.4 Å². The van der Waals surface area contributed by atoms with Gasteiger partial charge in [0, 0.05) is 0 Å². The van der Waals surface area contributed by atoms with E-state index in [4.69, 9.17) is 0 Å². The van der Waals surface area contributed by atoms with Gasteiger partial charge in [-0.15, -0.1) is 0 Å². The highest BCUT2D eigenvalue weighted by atomic mass is 32.1. The minimum Gasteiger partial charge on any atom is -0.286 e. The van der Waals surface area contributed by atoms with Gasteiger partial charge >= 0.3 is 0 Å². The lowest BCUT2D eigenvalue weighted by atomic mass is 10.8. The Morgan fingerprint density at radius 2 is 1.14 bits per heavy atom. The number of rotatable bonds is 0. The molecule has 0 aliphatic rings. The highest BCUT2D eigenvalue weighted by Gasteiger charge is 1.80. The molecular weight excluding hydrogens is 220 g/mol. The van der Waals surface area contributed by atoms with Gasteiger partial charge in [0.1, 0.15) is 11.6 Å². The fourth-order valence-corrected chi connectivity index (χ4v) is 1.08. The molecule has 0 fully saturated rings. The Hall–Kier alpha value is -1.28. The first-order chi connectivity index (χ1) is 6.58. The second kappa shape index (κ2) is 4.82. The van der Waals surface area contributed by atoms with E-state index in [-0.39, 0.29) is 0 Å². The van der Waals surface area contributed by atoms with Crippen molar-refractivity contribution in [2.45, 2.75) is 13.8 Å². The van der Waals surface area contributed by atoms with E-state index in [2.05, 4.69) is 54.8 Å². The van der Waals surface area contributed by atoms with Crippen LogP contribution in [0.2, 0.25) is 0 Å². The normalized spacial score (nSPS) is 9.29. The fourth-order valence-electron chi connectivity index (χ4n) is 0.704. The Labute approximate surface area is 90.2 Å². The number of aromatic nitrogens is 6. The summed E-state index contributed by atoms with van der Waals surface area (Å²) >= 11 is 9.27. The van der Waals surface area contributed by atoms with Crippen LogP contribution in [0.5, 0.6) is 0 Å². The average Bonchev–Trinajstić information content (AvgIpc) is 2.63. The van der Waals surface area contributed by atoms with Crippen molar-refractivity contribution in [3.8, 4) is 0 Å². The van der Waals surface area contributed by atoms with E-state index >= 15 is 0 Å². The zero-order chi connectivity index (χ0) is 10.6. The van der Waals surface area contributed by atoms with E-state index in [1.165, 1.54) is 0 Å². The van der Waals surface area contributed by atoms with Crippen LogP contribution in [0.25, 0.3) is 0 Å². The van der Waals surface area contributed by atoms with E-state index < -0.39 is 0 Å². The lowest BCUT2D eigenvalue weighted by molar-refractivity contribution is 1.03. The van der Waals surface area contributed by atoms with Crippen molar-refractivity contribution >= 4 is 24.4 Å². The summed E-state index contributed by atoms with van der Waals surface area (Å²) in [5, 5.41) is 10.8. The molecule has 6 nitrogen and oxygen atoms in total. The Morgan fingerprint density at radius 3 is 1.21 bits per heavy atom. The molecule has 4 N–H and O–H groups in total. The van der Waals surface area contributed by atoms with Gasteiger partial charge in [-0.2, -0.15) is 0 Å². The second-order valence-electron chi connectivity index (χ2n) is 2.50. The molecule has 0 amide bonds. The first-order valence-corrected chi connectivity index (χ1v) is 4.62. The van der Waals surface area contributed by atoms with Gasteiger partial charge in [0.2, 0.25) is 9.54 Å². The zero-order valence-corrected chi connectivity index (χ0v) is 9.34. The third-order valence-corrected chi connectivity index (χ3v) is 1.63. The van der Waals surface area contributed by atoms with Crippen LogP contribution >= 0.6 is 24.4 Å². The van der Waals surface area contributed by atoms with Crippen LogP contribution < -0.4 is 0 Å². The molecule has 0 unspecified atom stereocenters. The first-order valence-electron chi connectivity index (χ1n) is 3.80. The van der Waals surface area contributed by atoms with Crippen molar-refractivity contribution in [3.05, 3.63) is 21.2 Å². The summed E-state index contributed by atoms with van der Waals surface area (Å²) in [6.45, 7) is 3.68. The molecule has 0 saturated heterocycles. The van der Waals surface area contributed by atoms with Crippen LogP contribution in [-0.4, -0.2) is 30.4 Å². The Bertz CT molecular complexity index is 442. The molecule has 76 valence electrons. The lowest BCUT2D eigenvalue weighted by Gasteiger charge is -1.67. The molecule has 14 heavy (non-hydrogen) atoms. The monoisotopic (exact) mass is 230 g/mol. The van der Waals surface area contributed by atoms with Crippen LogP contribution in [0.1, 0.15) is 11.6 Å². The van der Waals surface area contributed by atoms with Gasteiger partial charge < -0.3 is 0 Å². The zero-order valence-electron chi connectivity index (χ0n) is 7.71. The van der Waals surface area contributed by atoms with Crippen LogP contribution in [0.4, 0.5) is 0 Å². The predicted octanol–water partition coefficient (Wildman–Crippen LogP) is 1.55. The van der Waals surface area contributed by atoms with Crippen LogP contribution in [0.15, 0.2) is 0 Å². The molecule has 2 rings (SSSR count). The standard InChI is InChI=1S/2C3H5N3S/c2*1-2-4-3(7)6-5-2/h2*1H3,(H2,4,5,6,7). The summed E-state index contributed by atoms with van der Waals surface area (Å²) in [7, 11) is 0. The SMILES string of the molecule is Cc1nc(=S)[nH][nH]1.Cc1nc(=S)[nH][nH]1. The summed E-state index contributed by atoms with van der Waals surface area (Å²) in [5.41, 5.74) is 0. The van der Waals surface area contributed by atoms with E-state index in [0.29, 0.717) is 9.54 Å². The van der Waals surface area contributed by atoms with E-state index in [1.807, 2.05) is 13.8 Å². The van der Waals surface area contributed by atoms with Crippen molar-refractivity contribution in [3.63, 3.8) is 0 Å². The van der Waals surface area contributed by atoms with Crippen LogP contribution in [0, 0.1) is 23.4 Å². The van der Waals surface area contributed by atoms with Gasteiger partial charge in [0.15, 0.2) is 0 Å². The number of aryl methyl sites for hydroxylation is 2. The molecule has 0 aromatic carbocycles. The number of hydrogen-bond acceptors (Lipinski definition) is 4. The molecule has 2 heterocycles. The summed E-state index contributed by atoms with van der Waals surface area (Å²) in [6, 6.07) is 0. The van der Waals surface area contributed by atoms with Crippen molar-refractivity contribution < 1.29 is 0 Å². The summed E-state index contributed by atoms with van der Waals surface area (Å²) < 4.78 is 1.02. The van der Waals surface area contributed by atoms with E-state index in [1.54, 1.807) is 0 Å². The molecule has 0 spiro atoms. The largest absolute Gasteiger partial charge is 0.286 e. The molecule has 0 aliphatic carbocycles. The molecule has 0 aliphatic heterocycles. The molecule has 0 saturated carbocycles. The first kappa shape index (κ1) is 10.8. The van der Waals surface area contributed by atoms with Gasteiger partial charge in [-0.05, 0) is 38.3 Å². The van der Waals surface area contributed by atoms with Gasteiger partial charge in [0.05, 0.1) is 0 Å². The Kier molecular flexibility index (Phi) is 3.72. The minimum atomic E-state index is 0.512. The quantitative estimate of drug-likeness (QED) is 0.517. The average molecular weight is 230 g/mol. The number of hydrogen-bond donors (Lipinski definition) is 4.